The maximum absolute atomic E-state index is 11.3. The minimum atomic E-state index is -3.33. The van der Waals surface area contributed by atoms with Gasteiger partial charge in [-0.2, -0.15) is 0 Å². The van der Waals surface area contributed by atoms with Gasteiger partial charge in [0.05, 0.1) is 10.6 Å². The van der Waals surface area contributed by atoms with Crippen LogP contribution in [-0.4, -0.2) is 35.8 Å². The zero-order chi connectivity index (χ0) is 15.6. The van der Waals surface area contributed by atoms with Gasteiger partial charge in [0, 0.05) is 18.5 Å². The number of rotatable bonds is 4. The number of carbonyl (C=O) groups excluding carboxylic acids is 1. The highest BCUT2D eigenvalue weighted by Gasteiger charge is 2.13. The van der Waals surface area contributed by atoms with Gasteiger partial charge in [0.15, 0.2) is 15.5 Å². The standard InChI is InChI=1S/C11H12N6O3S/c1-21(19,20)6-2-3-9(14-5-6)15-7-4-8(12)16-17-10(7)11(13)18/h2-5H,1H3,(H2,13,18)(H3,12,14,15,16). The lowest BCUT2D eigenvalue weighted by atomic mass is 10.3. The summed E-state index contributed by atoms with van der Waals surface area (Å²) in [7, 11) is -3.33. The third-order valence-corrected chi connectivity index (χ3v) is 3.57. The monoisotopic (exact) mass is 308 g/mol. The van der Waals surface area contributed by atoms with Gasteiger partial charge in [-0.1, -0.05) is 0 Å². The highest BCUT2D eigenvalue weighted by Crippen LogP contribution is 2.20. The summed E-state index contributed by atoms with van der Waals surface area (Å²) < 4.78 is 22.7. The second-order valence-corrected chi connectivity index (χ2v) is 6.19. The maximum Gasteiger partial charge on any atom is 0.271 e. The van der Waals surface area contributed by atoms with E-state index in [1.165, 1.54) is 24.4 Å². The number of anilines is 3. The minimum absolute atomic E-state index is 0.0792. The van der Waals surface area contributed by atoms with Crippen molar-refractivity contribution in [1.29, 1.82) is 0 Å². The first-order valence-electron chi connectivity index (χ1n) is 5.63. The van der Waals surface area contributed by atoms with Crippen molar-refractivity contribution in [3.05, 3.63) is 30.1 Å². The first-order chi connectivity index (χ1) is 9.77. The van der Waals surface area contributed by atoms with Crippen LogP contribution in [0, 0.1) is 0 Å². The Hall–Kier alpha value is -2.75. The molecule has 0 aliphatic heterocycles. The number of sulfone groups is 1. The van der Waals surface area contributed by atoms with Gasteiger partial charge in [-0.05, 0) is 12.1 Å². The summed E-state index contributed by atoms with van der Waals surface area (Å²) >= 11 is 0. The Balaban J connectivity index is 2.34. The van der Waals surface area contributed by atoms with E-state index in [-0.39, 0.29) is 22.1 Å². The van der Waals surface area contributed by atoms with Gasteiger partial charge in [0.2, 0.25) is 0 Å². The van der Waals surface area contributed by atoms with E-state index in [0.29, 0.717) is 5.82 Å². The summed E-state index contributed by atoms with van der Waals surface area (Å²) in [5.41, 5.74) is 10.8. The first kappa shape index (κ1) is 14.7. The Kier molecular flexibility index (Phi) is 3.72. The van der Waals surface area contributed by atoms with Crippen LogP contribution in [-0.2, 0) is 9.84 Å². The van der Waals surface area contributed by atoms with E-state index in [2.05, 4.69) is 20.5 Å². The lowest BCUT2D eigenvalue weighted by Gasteiger charge is -2.09. The molecule has 10 heteroatoms. The molecule has 2 aromatic rings. The second-order valence-electron chi connectivity index (χ2n) is 4.17. The fraction of sp³-hybridized carbons (Fsp3) is 0.0909. The van der Waals surface area contributed by atoms with Crippen LogP contribution in [0.25, 0.3) is 0 Å². The number of nitrogens with one attached hydrogen (secondary N) is 1. The van der Waals surface area contributed by atoms with Gasteiger partial charge in [0.1, 0.15) is 11.6 Å². The molecule has 0 saturated carbocycles. The molecule has 2 rings (SSSR count). The van der Waals surface area contributed by atoms with Gasteiger partial charge >= 0.3 is 0 Å². The zero-order valence-corrected chi connectivity index (χ0v) is 11.8. The molecule has 0 atom stereocenters. The van der Waals surface area contributed by atoms with Crippen molar-refractivity contribution in [3.8, 4) is 0 Å². The number of nitrogens with zero attached hydrogens (tertiary/aromatic N) is 3. The van der Waals surface area contributed by atoms with E-state index in [0.717, 1.165) is 6.26 Å². The number of carbonyl (C=O) groups is 1. The summed E-state index contributed by atoms with van der Waals surface area (Å²) in [6, 6.07) is 4.20. The molecule has 2 aromatic heterocycles. The number of primary amides is 1. The average Bonchev–Trinajstić information content (AvgIpc) is 2.38. The fourth-order valence-electron chi connectivity index (χ4n) is 1.50. The van der Waals surface area contributed by atoms with Gasteiger partial charge in [-0.15, -0.1) is 10.2 Å². The Labute approximate surface area is 120 Å². The largest absolute Gasteiger partial charge is 0.382 e. The van der Waals surface area contributed by atoms with Crippen LogP contribution in [0.3, 0.4) is 0 Å². The van der Waals surface area contributed by atoms with E-state index >= 15 is 0 Å². The van der Waals surface area contributed by atoms with Crippen LogP contribution in [0.15, 0.2) is 29.3 Å². The molecule has 0 saturated heterocycles. The van der Waals surface area contributed by atoms with Crippen LogP contribution in [0.5, 0.6) is 0 Å². The van der Waals surface area contributed by atoms with Crippen molar-refractivity contribution in [2.45, 2.75) is 4.90 Å². The van der Waals surface area contributed by atoms with Crippen LogP contribution < -0.4 is 16.8 Å². The molecule has 0 aromatic carbocycles. The smallest absolute Gasteiger partial charge is 0.271 e. The Morgan fingerprint density at radius 3 is 2.52 bits per heavy atom. The molecule has 1 amide bonds. The van der Waals surface area contributed by atoms with Crippen LogP contribution in [0.2, 0.25) is 0 Å². The highest BCUT2D eigenvalue weighted by atomic mass is 32.2. The topological polar surface area (TPSA) is 154 Å². The van der Waals surface area contributed by atoms with E-state index in [9.17, 15) is 13.2 Å². The number of nitrogen functional groups attached to an aromatic ring is 1. The van der Waals surface area contributed by atoms with Crippen LogP contribution in [0.4, 0.5) is 17.3 Å². The summed E-state index contributed by atoms with van der Waals surface area (Å²) in [5.74, 6) is -0.384. The predicted molar refractivity (Wildman–Crippen MR) is 75.6 cm³/mol. The van der Waals surface area contributed by atoms with Gasteiger partial charge in [0.25, 0.3) is 5.91 Å². The second kappa shape index (κ2) is 5.32. The fourth-order valence-corrected chi connectivity index (χ4v) is 2.05. The van der Waals surface area contributed by atoms with Gasteiger partial charge in [-0.3, -0.25) is 4.79 Å². The molecule has 0 aliphatic carbocycles. The Bertz CT molecular complexity index is 788. The molecule has 5 N–H and O–H groups in total. The zero-order valence-electron chi connectivity index (χ0n) is 10.9. The molecule has 0 spiro atoms. The van der Waals surface area contributed by atoms with E-state index < -0.39 is 15.7 Å². The number of hydrogen-bond donors (Lipinski definition) is 3. The summed E-state index contributed by atoms with van der Waals surface area (Å²) in [6.07, 6.45) is 2.27. The lowest BCUT2D eigenvalue weighted by molar-refractivity contribution is 0.0995. The summed E-state index contributed by atoms with van der Waals surface area (Å²) in [6.45, 7) is 0. The molecule has 110 valence electrons. The van der Waals surface area contributed by atoms with E-state index in [1.807, 2.05) is 0 Å². The molecule has 0 fully saturated rings. The molecule has 0 bridgehead atoms. The molecular formula is C11H12N6O3S. The van der Waals surface area contributed by atoms with Crippen molar-refractivity contribution in [2.75, 3.05) is 17.3 Å². The molecule has 9 nitrogen and oxygen atoms in total. The normalized spacial score (nSPS) is 11.1. The molecule has 0 aliphatic rings. The van der Waals surface area contributed by atoms with Gasteiger partial charge < -0.3 is 16.8 Å². The SMILES string of the molecule is CS(=O)(=O)c1ccc(Nc2cc(N)nnc2C(N)=O)nc1. The Morgan fingerprint density at radius 1 is 1.29 bits per heavy atom. The molecule has 0 unspecified atom stereocenters. The number of aromatic nitrogens is 3. The van der Waals surface area contributed by atoms with Crippen molar-refractivity contribution in [1.82, 2.24) is 15.2 Å². The molecule has 2 heterocycles. The third kappa shape index (κ3) is 3.42. The number of pyridine rings is 1. The third-order valence-electron chi connectivity index (χ3n) is 2.47. The number of hydrogen-bond acceptors (Lipinski definition) is 8. The Morgan fingerprint density at radius 2 is 2.00 bits per heavy atom. The summed E-state index contributed by atoms with van der Waals surface area (Å²) in [5, 5.41) is 9.92. The van der Waals surface area contributed by atoms with Crippen molar-refractivity contribution < 1.29 is 13.2 Å². The van der Waals surface area contributed by atoms with Crippen molar-refractivity contribution in [2.24, 2.45) is 5.73 Å². The molecule has 21 heavy (non-hydrogen) atoms. The van der Waals surface area contributed by atoms with Crippen LogP contribution >= 0.6 is 0 Å². The van der Waals surface area contributed by atoms with Crippen molar-refractivity contribution >= 4 is 33.1 Å². The number of amides is 1. The highest BCUT2D eigenvalue weighted by molar-refractivity contribution is 7.90. The van der Waals surface area contributed by atoms with E-state index in [1.54, 1.807) is 0 Å². The predicted octanol–water partition coefficient (Wildman–Crippen LogP) is -0.300. The van der Waals surface area contributed by atoms with Crippen molar-refractivity contribution in [3.63, 3.8) is 0 Å². The van der Waals surface area contributed by atoms with E-state index in [4.69, 9.17) is 11.5 Å². The lowest BCUT2D eigenvalue weighted by Crippen LogP contribution is -2.17. The summed E-state index contributed by atoms with van der Waals surface area (Å²) in [4.78, 5) is 15.3. The number of nitrogens with two attached hydrogens (primary N) is 2. The minimum Gasteiger partial charge on any atom is -0.382 e. The average molecular weight is 308 g/mol. The maximum atomic E-state index is 11.3. The molecular weight excluding hydrogens is 296 g/mol. The van der Waals surface area contributed by atoms with Gasteiger partial charge in [-0.25, -0.2) is 13.4 Å². The molecule has 0 radical (unpaired) electrons. The van der Waals surface area contributed by atoms with Crippen LogP contribution in [0.1, 0.15) is 10.5 Å². The first-order valence-corrected chi connectivity index (χ1v) is 7.52. The quantitative estimate of drug-likeness (QED) is 0.695.